The average Bonchev–Trinajstić information content (AvgIpc) is 3.17. The van der Waals surface area contributed by atoms with Gasteiger partial charge in [0.2, 0.25) is 5.91 Å². The van der Waals surface area contributed by atoms with Crippen molar-refractivity contribution in [1.29, 1.82) is 0 Å². The fraction of sp³-hybridized carbons (Fsp3) is 0.857. The van der Waals surface area contributed by atoms with Gasteiger partial charge >= 0.3 is 0 Å². The Balaban J connectivity index is 1.82. The number of nitrogens with two attached hydrogens (primary N) is 1. The van der Waals surface area contributed by atoms with Crippen LogP contribution >= 0.6 is 12.2 Å². The van der Waals surface area contributed by atoms with Crippen LogP contribution in [-0.2, 0) is 4.79 Å². The molecule has 1 amide bonds. The topological polar surface area (TPSA) is 49.6 Å². The smallest absolute Gasteiger partial charge is 0.236 e. The van der Waals surface area contributed by atoms with Crippen LogP contribution in [0, 0.1) is 5.41 Å². The van der Waals surface area contributed by atoms with Gasteiger partial charge in [0, 0.05) is 18.0 Å². The summed E-state index contributed by atoms with van der Waals surface area (Å²) in [4.78, 5) is 17.1. The molecule has 19 heavy (non-hydrogen) atoms. The molecule has 2 aliphatic rings. The summed E-state index contributed by atoms with van der Waals surface area (Å²) < 4.78 is 0. The molecule has 108 valence electrons. The summed E-state index contributed by atoms with van der Waals surface area (Å²) in [5.74, 6) is 0.281. The molecule has 2 rings (SSSR count). The Morgan fingerprint density at radius 3 is 2.42 bits per heavy atom. The second-order valence-electron chi connectivity index (χ2n) is 6.11. The zero-order valence-corrected chi connectivity index (χ0v) is 12.8. The van der Waals surface area contributed by atoms with Crippen LogP contribution < -0.4 is 5.73 Å². The molecule has 1 aliphatic carbocycles. The lowest BCUT2D eigenvalue weighted by Gasteiger charge is -2.39. The molecule has 0 aromatic heterocycles. The van der Waals surface area contributed by atoms with Crippen LogP contribution in [0.5, 0.6) is 0 Å². The van der Waals surface area contributed by atoms with E-state index in [0.29, 0.717) is 17.6 Å². The van der Waals surface area contributed by atoms with Gasteiger partial charge in [-0.05, 0) is 45.7 Å². The van der Waals surface area contributed by atoms with Crippen LogP contribution in [0.4, 0.5) is 0 Å². The van der Waals surface area contributed by atoms with E-state index in [9.17, 15) is 4.79 Å². The Kier molecular flexibility index (Phi) is 4.46. The number of rotatable bonds is 5. The minimum atomic E-state index is -0.0180. The van der Waals surface area contributed by atoms with Crippen molar-refractivity contribution in [2.75, 3.05) is 26.2 Å². The summed E-state index contributed by atoms with van der Waals surface area (Å²) in [7, 11) is 0. The Bertz CT molecular complexity index is 360. The summed E-state index contributed by atoms with van der Waals surface area (Å²) in [6.45, 7) is 7.43. The van der Waals surface area contributed by atoms with Gasteiger partial charge in [-0.3, -0.25) is 9.69 Å². The van der Waals surface area contributed by atoms with Gasteiger partial charge in [-0.2, -0.15) is 0 Å². The number of carbonyl (C=O) groups excluding carboxylic acids is 1. The maximum Gasteiger partial charge on any atom is 0.236 e. The fourth-order valence-electron chi connectivity index (χ4n) is 2.76. The zero-order valence-electron chi connectivity index (χ0n) is 12.0. The molecular weight excluding hydrogens is 258 g/mol. The molecule has 0 aromatic rings. The van der Waals surface area contributed by atoms with Gasteiger partial charge in [0.05, 0.1) is 11.5 Å². The largest absolute Gasteiger partial charge is 0.393 e. The highest BCUT2D eigenvalue weighted by molar-refractivity contribution is 7.80. The van der Waals surface area contributed by atoms with E-state index in [0.717, 1.165) is 32.5 Å². The van der Waals surface area contributed by atoms with Gasteiger partial charge in [0.1, 0.15) is 0 Å². The van der Waals surface area contributed by atoms with Gasteiger partial charge in [-0.15, -0.1) is 0 Å². The number of hydrogen-bond donors (Lipinski definition) is 1. The Labute approximate surface area is 121 Å². The first-order valence-corrected chi connectivity index (χ1v) is 7.69. The lowest BCUT2D eigenvalue weighted by atomic mass is 9.80. The Hall–Kier alpha value is -0.680. The summed E-state index contributed by atoms with van der Waals surface area (Å²) >= 11 is 5.14. The molecule has 2 fully saturated rings. The van der Waals surface area contributed by atoms with Crippen molar-refractivity contribution in [3.05, 3.63) is 0 Å². The highest BCUT2D eigenvalue weighted by Gasteiger charge is 2.35. The number of piperidine rings is 1. The molecule has 0 aromatic carbocycles. The van der Waals surface area contributed by atoms with Crippen LogP contribution in [0.2, 0.25) is 0 Å². The lowest BCUT2D eigenvalue weighted by Crippen LogP contribution is -2.48. The molecule has 1 saturated carbocycles. The number of thiocarbonyl (C=S) groups is 1. The van der Waals surface area contributed by atoms with E-state index in [4.69, 9.17) is 18.0 Å². The van der Waals surface area contributed by atoms with Crippen LogP contribution in [0.1, 0.15) is 39.5 Å². The third-order valence-corrected chi connectivity index (χ3v) is 5.05. The van der Waals surface area contributed by atoms with E-state index >= 15 is 0 Å². The summed E-state index contributed by atoms with van der Waals surface area (Å²) in [5, 5.41) is 0. The molecule has 0 unspecified atom stereocenters. The maximum absolute atomic E-state index is 12.3. The fourth-order valence-corrected chi connectivity index (χ4v) is 2.96. The van der Waals surface area contributed by atoms with Crippen LogP contribution in [0.15, 0.2) is 0 Å². The molecule has 0 radical (unpaired) electrons. The molecule has 2 N–H and O–H groups in total. The molecule has 1 aliphatic heterocycles. The van der Waals surface area contributed by atoms with Crippen molar-refractivity contribution in [3.63, 3.8) is 0 Å². The number of likely N-dealkylation sites (tertiary alicyclic amines) is 1. The first kappa shape index (κ1) is 14.7. The Morgan fingerprint density at radius 2 is 2.00 bits per heavy atom. The van der Waals surface area contributed by atoms with Crippen molar-refractivity contribution in [3.8, 4) is 0 Å². The monoisotopic (exact) mass is 283 g/mol. The molecule has 0 bridgehead atoms. The molecular formula is C14H25N3OS. The second kappa shape index (κ2) is 5.75. The third kappa shape index (κ3) is 3.45. The first-order valence-electron chi connectivity index (χ1n) is 7.28. The normalized spacial score (nSPS) is 23.1. The highest BCUT2D eigenvalue weighted by Crippen LogP contribution is 2.31. The quantitative estimate of drug-likeness (QED) is 0.775. The third-order valence-electron chi connectivity index (χ3n) is 4.56. The van der Waals surface area contributed by atoms with Crippen molar-refractivity contribution < 1.29 is 4.79 Å². The maximum atomic E-state index is 12.3. The predicted molar refractivity (Wildman–Crippen MR) is 81.0 cm³/mol. The van der Waals surface area contributed by atoms with Crippen LogP contribution in [-0.4, -0.2) is 52.9 Å². The summed E-state index contributed by atoms with van der Waals surface area (Å²) in [6.07, 6.45) is 4.29. The van der Waals surface area contributed by atoms with E-state index in [1.54, 1.807) is 0 Å². The van der Waals surface area contributed by atoms with Crippen molar-refractivity contribution >= 4 is 23.1 Å². The molecule has 0 atom stereocenters. The van der Waals surface area contributed by atoms with E-state index in [1.807, 2.05) is 4.90 Å². The SMILES string of the molecule is CCN(C(=O)CN1CCC(C)(C(N)=S)CC1)C1CC1. The zero-order chi connectivity index (χ0) is 14.0. The van der Waals surface area contributed by atoms with Crippen molar-refractivity contribution in [2.24, 2.45) is 11.1 Å². The first-order chi connectivity index (χ1) is 8.96. The van der Waals surface area contributed by atoms with E-state index in [2.05, 4.69) is 18.7 Å². The molecule has 4 nitrogen and oxygen atoms in total. The van der Waals surface area contributed by atoms with Crippen LogP contribution in [0.3, 0.4) is 0 Å². The minimum absolute atomic E-state index is 0.0180. The lowest BCUT2D eigenvalue weighted by molar-refractivity contribution is -0.133. The van der Waals surface area contributed by atoms with E-state index < -0.39 is 0 Å². The summed E-state index contributed by atoms with van der Waals surface area (Å²) in [6, 6.07) is 0.518. The van der Waals surface area contributed by atoms with Crippen molar-refractivity contribution in [2.45, 2.75) is 45.6 Å². The van der Waals surface area contributed by atoms with E-state index in [-0.39, 0.29) is 11.3 Å². The molecule has 1 heterocycles. The summed E-state index contributed by atoms with van der Waals surface area (Å²) in [5.41, 5.74) is 5.79. The van der Waals surface area contributed by atoms with Gasteiger partial charge in [0.15, 0.2) is 0 Å². The van der Waals surface area contributed by atoms with Gasteiger partial charge < -0.3 is 10.6 Å². The van der Waals surface area contributed by atoms with Gasteiger partial charge in [0.25, 0.3) is 0 Å². The number of hydrogen-bond acceptors (Lipinski definition) is 3. The van der Waals surface area contributed by atoms with Gasteiger partial charge in [-0.25, -0.2) is 0 Å². The van der Waals surface area contributed by atoms with Crippen LogP contribution in [0.25, 0.3) is 0 Å². The highest BCUT2D eigenvalue weighted by atomic mass is 32.1. The Morgan fingerprint density at radius 1 is 1.42 bits per heavy atom. The average molecular weight is 283 g/mol. The van der Waals surface area contributed by atoms with Gasteiger partial charge in [-0.1, -0.05) is 19.1 Å². The molecule has 1 saturated heterocycles. The number of likely N-dealkylation sites (N-methyl/N-ethyl adjacent to an activating group) is 1. The standard InChI is InChI=1S/C14H25N3OS/c1-3-17(11-4-5-11)12(18)10-16-8-6-14(2,7-9-16)13(15)19/h11H,3-10H2,1-2H3,(H2,15,19). The van der Waals surface area contributed by atoms with E-state index in [1.165, 1.54) is 12.8 Å². The molecule has 0 spiro atoms. The number of nitrogens with zero attached hydrogens (tertiary/aromatic N) is 2. The predicted octanol–water partition coefficient (Wildman–Crippen LogP) is 1.39. The number of amides is 1. The van der Waals surface area contributed by atoms with Crippen molar-refractivity contribution in [1.82, 2.24) is 9.80 Å². The second-order valence-corrected chi connectivity index (χ2v) is 6.55. The number of carbonyl (C=O) groups is 1. The molecule has 5 heteroatoms. The minimum Gasteiger partial charge on any atom is -0.393 e.